The molecule has 3 saturated carbocycles. The molecular weight excluding hydrogens is 773 g/mol. The molecule has 2 aliphatic heterocycles. The van der Waals surface area contributed by atoms with E-state index in [2.05, 4.69) is 41.7 Å². The molecule has 5 amide bonds. The molecule has 0 spiro atoms. The van der Waals surface area contributed by atoms with Crippen LogP contribution in [0, 0.1) is 28.6 Å². The number of carbonyl (C=O) groups excluding carboxylic acids is 5. The number of halogens is 1. The van der Waals surface area contributed by atoms with E-state index >= 15 is 0 Å². The van der Waals surface area contributed by atoms with Gasteiger partial charge in [-0.25, -0.2) is 8.42 Å². The van der Waals surface area contributed by atoms with Crippen molar-refractivity contribution in [1.82, 2.24) is 26.2 Å². The standard InChI is InChI=1S/C36H57IN5O7S/c1-7-18-38-31(45)27(43)29(37-20-22-14-15-22)40-30(44)26-25-23(35(25,5)6)21-42(26)32(46)28(34(2,3)4)39-33(47)41-36(16-10-8-11-17-36)24-13-9-12-19-50(24,48)49/h7,22-26,28-29H,1,8-21H2,2-6H3,(H,38,45)(H,40,44)(H2,39,41,47)/q-1/t23?,24-,25?,26+,28-,29?/m1/s1. The first-order chi connectivity index (χ1) is 23.4. The summed E-state index contributed by atoms with van der Waals surface area (Å²) in [4.78, 5) is 70.1. The summed E-state index contributed by atoms with van der Waals surface area (Å²) in [5, 5.41) is 10.8. The van der Waals surface area contributed by atoms with E-state index in [1.807, 2.05) is 20.8 Å². The van der Waals surface area contributed by atoms with Gasteiger partial charge in [0.2, 0.25) is 0 Å². The number of sulfone groups is 1. The zero-order chi connectivity index (χ0) is 36.6. The number of nitrogens with one attached hydrogen (secondary N) is 4. The Labute approximate surface area is 308 Å². The number of amides is 5. The molecule has 2 heterocycles. The molecule has 3 unspecified atom stereocenters. The number of alkyl halides is 2. The van der Waals surface area contributed by atoms with Crippen molar-refractivity contribution < 1.29 is 53.6 Å². The van der Waals surface area contributed by atoms with Crippen LogP contribution >= 0.6 is 0 Å². The zero-order valence-corrected chi connectivity index (χ0v) is 33.3. The molecule has 5 rings (SSSR count). The predicted octanol–water partition coefficient (Wildman–Crippen LogP) is -0.334. The van der Waals surface area contributed by atoms with Crippen LogP contribution in [-0.2, 0) is 29.0 Å². The molecule has 2 saturated heterocycles. The van der Waals surface area contributed by atoms with Crippen LogP contribution in [0.5, 0.6) is 0 Å². The van der Waals surface area contributed by atoms with E-state index in [4.69, 9.17) is 0 Å². The van der Waals surface area contributed by atoms with Crippen LogP contribution in [0.1, 0.15) is 98.8 Å². The molecule has 5 aliphatic rings. The van der Waals surface area contributed by atoms with E-state index in [0.29, 0.717) is 38.1 Å². The van der Waals surface area contributed by atoms with Gasteiger partial charge >= 0.3 is 247 Å². The molecule has 0 radical (unpaired) electrons. The number of ketones is 1. The Morgan fingerprint density at radius 2 is 1.66 bits per heavy atom. The maximum absolute atomic E-state index is 14.5. The molecule has 12 nitrogen and oxygen atoms in total. The fourth-order valence-electron chi connectivity index (χ4n) is 8.54. The summed E-state index contributed by atoms with van der Waals surface area (Å²) in [5.74, 6) is -1.66. The van der Waals surface area contributed by atoms with Crippen LogP contribution in [-0.4, -0.2) is 93.0 Å². The Kier molecular flexibility index (Phi) is 11.7. The number of rotatable bonds is 13. The van der Waals surface area contributed by atoms with Gasteiger partial charge < -0.3 is 0 Å². The summed E-state index contributed by atoms with van der Waals surface area (Å²) >= 11 is -0.865. The predicted molar refractivity (Wildman–Crippen MR) is 186 cm³/mol. The molecule has 6 atom stereocenters. The van der Waals surface area contributed by atoms with Gasteiger partial charge in [-0.15, -0.1) is 0 Å². The van der Waals surface area contributed by atoms with Crippen molar-refractivity contribution in [3.05, 3.63) is 12.7 Å². The summed E-state index contributed by atoms with van der Waals surface area (Å²) in [6, 6.07) is -2.44. The van der Waals surface area contributed by atoms with Crippen molar-refractivity contribution in [2.75, 3.05) is 23.3 Å². The van der Waals surface area contributed by atoms with Crippen molar-refractivity contribution in [3.63, 3.8) is 0 Å². The SMILES string of the molecule is C=CCNC(=O)C(=O)C(NC(=O)[C@@H]1C2C(CN1C(=O)[C@@H](NC(=O)NC1([C@H]3CCCCS3(=O)=O)CCCCC1)C(C)(C)C)C2(C)C)[I-]CC1CC1. The first kappa shape index (κ1) is 39.0. The van der Waals surface area contributed by atoms with Gasteiger partial charge in [0.25, 0.3) is 0 Å². The maximum atomic E-state index is 14.5. The van der Waals surface area contributed by atoms with Gasteiger partial charge in [-0.3, -0.25) is 0 Å². The van der Waals surface area contributed by atoms with Crippen LogP contribution in [0.25, 0.3) is 0 Å². The number of Topliss-reactive ketones (excluding diaryl/α,β-unsaturated/α-hetero) is 1. The van der Waals surface area contributed by atoms with Crippen molar-refractivity contribution in [2.24, 2.45) is 28.6 Å². The second kappa shape index (κ2) is 15.0. The van der Waals surface area contributed by atoms with Gasteiger partial charge in [-0.05, 0) is 12.8 Å². The van der Waals surface area contributed by atoms with Gasteiger partial charge in [0.1, 0.15) is 0 Å². The zero-order valence-electron chi connectivity index (χ0n) is 30.3. The third-order valence-corrected chi connectivity index (χ3v) is 17.7. The van der Waals surface area contributed by atoms with Crippen LogP contribution < -0.4 is 42.5 Å². The van der Waals surface area contributed by atoms with Gasteiger partial charge in [-0.2, -0.15) is 0 Å². The van der Waals surface area contributed by atoms with E-state index in [9.17, 15) is 32.4 Å². The molecule has 3 aliphatic carbocycles. The number of piperidine rings is 1. The topological polar surface area (TPSA) is 171 Å². The molecular formula is C36H57IN5O7S-. The minimum atomic E-state index is -3.39. The molecule has 0 bridgehead atoms. The molecule has 50 heavy (non-hydrogen) atoms. The summed E-state index contributed by atoms with van der Waals surface area (Å²) < 4.78 is 26.5. The average Bonchev–Trinajstić information content (AvgIpc) is 3.91. The second-order valence-electron chi connectivity index (χ2n) is 16.8. The Balaban J connectivity index is 1.35. The van der Waals surface area contributed by atoms with Crippen LogP contribution in [0.4, 0.5) is 4.79 Å². The molecule has 282 valence electrons. The molecule has 14 heteroatoms. The minimum absolute atomic E-state index is 0.0739. The Morgan fingerprint density at radius 3 is 2.26 bits per heavy atom. The van der Waals surface area contributed by atoms with Gasteiger partial charge in [0.05, 0.1) is 5.75 Å². The van der Waals surface area contributed by atoms with Gasteiger partial charge in [-0.1, -0.05) is 25.7 Å². The van der Waals surface area contributed by atoms with E-state index in [1.165, 1.54) is 6.08 Å². The Hall–Kier alpha value is -2.23. The number of carbonyl (C=O) groups is 5. The Morgan fingerprint density at radius 1 is 0.980 bits per heavy atom. The van der Waals surface area contributed by atoms with E-state index < -0.39 is 92.9 Å². The quantitative estimate of drug-likeness (QED) is 0.0648. The second-order valence-corrected chi connectivity index (χ2v) is 22.2. The van der Waals surface area contributed by atoms with Crippen LogP contribution in [0.3, 0.4) is 0 Å². The molecule has 0 aromatic carbocycles. The molecule has 5 fully saturated rings. The fourth-order valence-corrected chi connectivity index (χ4v) is 14.3. The summed E-state index contributed by atoms with van der Waals surface area (Å²) in [7, 11) is -3.39. The number of urea groups is 1. The first-order valence-electron chi connectivity index (χ1n) is 18.3. The number of likely N-dealkylation sites (tertiary alicyclic amines) is 1. The fraction of sp³-hybridized carbons (Fsp3) is 0.806. The molecule has 0 aromatic rings. The summed E-state index contributed by atoms with van der Waals surface area (Å²) in [6.45, 7) is 13.8. The van der Waals surface area contributed by atoms with Crippen molar-refractivity contribution in [3.8, 4) is 0 Å². The first-order valence-corrected chi connectivity index (χ1v) is 22.8. The number of fused-ring (bicyclic) bond motifs is 1. The third-order valence-electron chi connectivity index (χ3n) is 11.7. The van der Waals surface area contributed by atoms with Crippen molar-refractivity contribution in [1.29, 1.82) is 0 Å². The van der Waals surface area contributed by atoms with Crippen molar-refractivity contribution in [2.45, 2.75) is 126 Å². The normalized spacial score (nSPS) is 29.1. The Bertz CT molecular complexity index is 1470. The van der Waals surface area contributed by atoms with Gasteiger partial charge in [0, 0.05) is 0 Å². The third kappa shape index (κ3) is 8.36. The number of hydrogen-bond donors (Lipinski definition) is 4. The summed E-state index contributed by atoms with van der Waals surface area (Å²) in [6.07, 6.45) is 9.36. The van der Waals surface area contributed by atoms with Crippen LogP contribution in [0.2, 0.25) is 0 Å². The van der Waals surface area contributed by atoms with E-state index in [-0.39, 0.29) is 29.5 Å². The summed E-state index contributed by atoms with van der Waals surface area (Å²) in [5.41, 5.74) is -1.83. The van der Waals surface area contributed by atoms with Crippen molar-refractivity contribution >= 4 is 39.4 Å². The van der Waals surface area contributed by atoms with Gasteiger partial charge in [0.15, 0.2) is 9.84 Å². The molecule has 4 N–H and O–H groups in total. The van der Waals surface area contributed by atoms with E-state index in [0.717, 1.165) is 43.0 Å². The monoisotopic (exact) mass is 830 g/mol. The number of hydrogen-bond acceptors (Lipinski definition) is 7. The number of nitrogens with zero attached hydrogens (tertiary/aromatic N) is 1. The molecule has 0 aromatic heterocycles. The average molecular weight is 831 g/mol. The van der Waals surface area contributed by atoms with Crippen LogP contribution in [0.15, 0.2) is 12.7 Å². The van der Waals surface area contributed by atoms with E-state index in [1.54, 1.807) is 4.90 Å².